The van der Waals surface area contributed by atoms with Crippen LogP contribution in [0.1, 0.15) is 13.3 Å². The van der Waals surface area contributed by atoms with E-state index in [1.807, 2.05) is 0 Å². The second-order valence-corrected chi connectivity index (χ2v) is 5.31. The van der Waals surface area contributed by atoms with E-state index in [0.29, 0.717) is 6.42 Å². The predicted molar refractivity (Wildman–Crippen MR) is 61.1 cm³/mol. The van der Waals surface area contributed by atoms with Crippen LogP contribution in [-0.2, 0) is 14.8 Å². The van der Waals surface area contributed by atoms with Crippen LogP contribution < -0.4 is 15.4 Å². The van der Waals surface area contributed by atoms with E-state index in [1.165, 1.54) is 6.92 Å². The van der Waals surface area contributed by atoms with Crippen LogP contribution in [0.4, 0.5) is 4.79 Å². The third kappa shape index (κ3) is 9.57. The molecule has 0 bridgehead atoms. The van der Waals surface area contributed by atoms with Crippen molar-refractivity contribution in [3.8, 4) is 0 Å². The van der Waals surface area contributed by atoms with Crippen LogP contribution in [0.3, 0.4) is 0 Å². The first-order valence-corrected chi connectivity index (χ1v) is 6.83. The van der Waals surface area contributed by atoms with Crippen LogP contribution in [0.5, 0.6) is 0 Å². The summed E-state index contributed by atoms with van der Waals surface area (Å²) in [6.45, 7) is 1.81. The maximum atomic E-state index is 11.1. The zero-order valence-electron chi connectivity index (χ0n) is 9.69. The molecule has 9 heteroatoms. The number of carbonyl (C=O) groups excluding carboxylic acids is 1. The quantitative estimate of drug-likeness (QED) is 0.427. The van der Waals surface area contributed by atoms with Crippen LogP contribution >= 0.6 is 0 Å². The molecule has 0 rings (SSSR count). The lowest BCUT2D eigenvalue weighted by molar-refractivity contribution is -0.138. The fourth-order valence-electron chi connectivity index (χ4n) is 0.857. The normalized spacial score (nSPS) is 12.8. The molecular weight excluding hydrogens is 250 g/mol. The van der Waals surface area contributed by atoms with Crippen molar-refractivity contribution < 1.29 is 23.1 Å². The lowest BCUT2D eigenvalue weighted by Gasteiger charge is -2.10. The van der Waals surface area contributed by atoms with Gasteiger partial charge >= 0.3 is 12.0 Å². The van der Waals surface area contributed by atoms with Gasteiger partial charge in [-0.1, -0.05) is 0 Å². The van der Waals surface area contributed by atoms with E-state index in [0.717, 1.165) is 6.26 Å². The molecular formula is C8H17N3O5S. The summed E-state index contributed by atoms with van der Waals surface area (Å²) in [6, 6.07) is -1.57. The van der Waals surface area contributed by atoms with Gasteiger partial charge in [-0.05, 0) is 13.3 Å². The number of sulfonamides is 1. The maximum Gasteiger partial charge on any atom is 0.325 e. The van der Waals surface area contributed by atoms with Crippen LogP contribution in [0, 0.1) is 0 Å². The number of hydrogen-bond acceptors (Lipinski definition) is 4. The topological polar surface area (TPSA) is 125 Å². The Morgan fingerprint density at radius 2 is 1.88 bits per heavy atom. The van der Waals surface area contributed by atoms with Gasteiger partial charge in [0.25, 0.3) is 0 Å². The SMILES string of the molecule is CC(NC(=O)NCCCNS(C)(=O)=O)C(=O)O. The summed E-state index contributed by atoms with van der Waals surface area (Å²) in [6.07, 6.45) is 1.46. The van der Waals surface area contributed by atoms with E-state index in [1.54, 1.807) is 0 Å². The number of nitrogens with one attached hydrogen (secondary N) is 3. The lowest BCUT2D eigenvalue weighted by Crippen LogP contribution is -2.44. The van der Waals surface area contributed by atoms with Crippen molar-refractivity contribution in [3.63, 3.8) is 0 Å². The molecule has 0 aliphatic heterocycles. The lowest BCUT2D eigenvalue weighted by atomic mass is 10.3. The monoisotopic (exact) mass is 267 g/mol. The second kappa shape index (κ2) is 7.07. The molecule has 0 aromatic rings. The van der Waals surface area contributed by atoms with Crippen LogP contribution in [0.15, 0.2) is 0 Å². The van der Waals surface area contributed by atoms with Gasteiger partial charge < -0.3 is 15.7 Å². The number of rotatable bonds is 7. The van der Waals surface area contributed by atoms with Crippen LogP contribution in [0.2, 0.25) is 0 Å². The molecule has 0 saturated carbocycles. The van der Waals surface area contributed by atoms with Crippen molar-refractivity contribution in [1.29, 1.82) is 0 Å². The first-order valence-electron chi connectivity index (χ1n) is 4.94. The average molecular weight is 267 g/mol. The number of amides is 2. The van der Waals surface area contributed by atoms with Crippen LogP contribution in [0.25, 0.3) is 0 Å². The summed E-state index contributed by atoms with van der Waals surface area (Å²) < 4.78 is 23.6. The van der Waals surface area contributed by atoms with Crippen LogP contribution in [-0.4, -0.2) is 50.9 Å². The number of carboxylic acid groups (broad SMARTS) is 1. The van der Waals surface area contributed by atoms with Gasteiger partial charge in [0.2, 0.25) is 10.0 Å². The highest BCUT2D eigenvalue weighted by Gasteiger charge is 2.12. The third-order valence-corrected chi connectivity index (χ3v) is 2.45. The highest BCUT2D eigenvalue weighted by atomic mass is 32.2. The van der Waals surface area contributed by atoms with Crippen molar-refractivity contribution in [2.45, 2.75) is 19.4 Å². The fourth-order valence-corrected chi connectivity index (χ4v) is 1.37. The Kier molecular flexibility index (Phi) is 6.51. The zero-order chi connectivity index (χ0) is 13.5. The molecule has 0 aromatic carbocycles. The van der Waals surface area contributed by atoms with E-state index in [4.69, 9.17) is 5.11 Å². The summed E-state index contributed by atoms with van der Waals surface area (Å²) >= 11 is 0. The molecule has 0 spiro atoms. The molecule has 8 nitrogen and oxygen atoms in total. The van der Waals surface area contributed by atoms with E-state index in [9.17, 15) is 18.0 Å². The molecule has 1 unspecified atom stereocenters. The number of aliphatic carboxylic acids is 1. The molecule has 17 heavy (non-hydrogen) atoms. The predicted octanol–water partition coefficient (Wildman–Crippen LogP) is -1.30. The van der Waals surface area contributed by atoms with Gasteiger partial charge in [0, 0.05) is 13.1 Å². The van der Waals surface area contributed by atoms with Gasteiger partial charge in [-0.25, -0.2) is 17.9 Å². The molecule has 0 aromatic heterocycles. The molecule has 0 radical (unpaired) electrons. The number of urea groups is 1. The highest BCUT2D eigenvalue weighted by molar-refractivity contribution is 7.88. The molecule has 0 aliphatic carbocycles. The van der Waals surface area contributed by atoms with Gasteiger partial charge in [-0.15, -0.1) is 0 Å². The minimum Gasteiger partial charge on any atom is -0.480 e. The number of hydrogen-bond donors (Lipinski definition) is 4. The van der Waals surface area contributed by atoms with Crippen molar-refractivity contribution >= 4 is 22.0 Å². The van der Waals surface area contributed by atoms with E-state index in [-0.39, 0.29) is 13.1 Å². The van der Waals surface area contributed by atoms with Crippen molar-refractivity contribution in [2.24, 2.45) is 0 Å². The molecule has 100 valence electrons. The summed E-state index contributed by atoms with van der Waals surface area (Å²) in [5.41, 5.74) is 0. The van der Waals surface area contributed by atoms with Crippen molar-refractivity contribution in [3.05, 3.63) is 0 Å². The summed E-state index contributed by atoms with van der Waals surface area (Å²) in [4.78, 5) is 21.5. The first kappa shape index (κ1) is 15.7. The van der Waals surface area contributed by atoms with Gasteiger partial charge in [0.1, 0.15) is 6.04 Å². The molecule has 0 fully saturated rings. The van der Waals surface area contributed by atoms with Gasteiger partial charge in [0.15, 0.2) is 0 Å². The number of carboxylic acids is 1. The minimum absolute atomic E-state index is 0.216. The fraction of sp³-hybridized carbons (Fsp3) is 0.750. The van der Waals surface area contributed by atoms with Gasteiger partial charge in [-0.2, -0.15) is 0 Å². The van der Waals surface area contributed by atoms with E-state index >= 15 is 0 Å². The molecule has 2 amide bonds. The smallest absolute Gasteiger partial charge is 0.325 e. The molecule has 4 N–H and O–H groups in total. The zero-order valence-corrected chi connectivity index (χ0v) is 10.5. The average Bonchev–Trinajstić information content (AvgIpc) is 2.15. The molecule has 0 aliphatic rings. The largest absolute Gasteiger partial charge is 0.480 e. The Morgan fingerprint density at radius 1 is 1.29 bits per heavy atom. The second-order valence-electron chi connectivity index (χ2n) is 3.48. The van der Waals surface area contributed by atoms with Crippen molar-refractivity contribution in [2.75, 3.05) is 19.3 Å². The Morgan fingerprint density at radius 3 is 2.35 bits per heavy atom. The van der Waals surface area contributed by atoms with Crippen molar-refractivity contribution in [1.82, 2.24) is 15.4 Å². The maximum absolute atomic E-state index is 11.1. The first-order chi connectivity index (χ1) is 7.72. The minimum atomic E-state index is -3.21. The third-order valence-electron chi connectivity index (χ3n) is 1.72. The summed E-state index contributed by atoms with van der Waals surface area (Å²) in [7, 11) is -3.21. The highest BCUT2D eigenvalue weighted by Crippen LogP contribution is 1.82. The Labute approximate surface area is 99.8 Å². The Balaban J connectivity index is 3.62. The molecule has 1 atom stereocenters. The molecule has 0 saturated heterocycles. The summed E-state index contributed by atoms with van der Waals surface area (Å²) in [5.74, 6) is -1.13. The Bertz CT molecular complexity index is 367. The van der Waals surface area contributed by atoms with E-state index < -0.39 is 28.1 Å². The molecule has 0 heterocycles. The standard InChI is InChI=1S/C8H17N3O5S/c1-6(7(12)13)11-8(14)9-4-3-5-10-17(2,15)16/h6,10H,3-5H2,1-2H3,(H,12,13)(H2,9,11,14). The summed E-state index contributed by atoms with van der Waals surface area (Å²) in [5, 5.41) is 13.1. The number of carbonyl (C=O) groups is 2. The van der Waals surface area contributed by atoms with Gasteiger partial charge in [0.05, 0.1) is 6.26 Å². The van der Waals surface area contributed by atoms with Gasteiger partial charge in [-0.3, -0.25) is 4.79 Å². The Hall–Kier alpha value is -1.35. The van der Waals surface area contributed by atoms with E-state index in [2.05, 4.69) is 15.4 Å².